The Morgan fingerprint density at radius 1 is 0.804 bits per heavy atom. The van der Waals surface area contributed by atoms with Crippen molar-refractivity contribution in [3.05, 3.63) is 167 Å². The minimum Gasteiger partial charge on any atom is -0.861 e. The van der Waals surface area contributed by atoms with Crippen molar-refractivity contribution in [3.63, 3.8) is 0 Å². The van der Waals surface area contributed by atoms with E-state index in [1.165, 1.54) is 12.1 Å². The molecular weight excluding hydrogens is 686 g/mol. The fourth-order valence-electron chi connectivity index (χ4n) is 7.23. The van der Waals surface area contributed by atoms with Crippen molar-refractivity contribution in [2.24, 2.45) is 9.98 Å². The SMILES string of the molecule is O=C([O-])[C@@H](N=C(c1ccccc1)c1ccccc1N=C([O-])[C@@H]1CCCN1Cc1ccccc1)[C@H]1c2ccccc2CCN1c1ccc(F)cc1.[Ni+2]. The van der Waals surface area contributed by atoms with Crippen molar-refractivity contribution in [3.8, 4) is 0 Å². The van der Waals surface area contributed by atoms with Gasteiger partial charge in [-0.2, -0.15) is 0 Å². The van der Waals surface area contributed by atoms with Gasteiger partial charge in [-0.3, -0.25) is 14.9 Å². The molecule has 1 fully saturated rings. The quantitative estimate of drug-likeness (QED) is 0.106. The summed E-state index contributed by atoms with van der Waals surface area (Å²) in [6.45, 7) is 1.97. The summed E-state index contributed by atoms with van der Waals surface area (Å²) in [4.78, 5) is 27.1. The maximum Gasteiger partial charge on any atom is 2.00 e. The van der Waals surface area contributed by atoms with Gasteiger partial charge in [0.15, 0.2) is 0 Å². The normalized spacial score (nSPS) is 18.5. The molecule has 0 N–H and O–H groups in total. The molecule has 0 spiro atoms. The Labute approximate surface area is 307 Å². The van der Waals surface area contributed by atoms with Crippen LogP contribution in [0.25, 0.3) is 0 Å². The van der Waals surface area contributed by atoms with Crippen molar-refractivity contribution in [1.29, 1.82) is 0 Å². The van der Waals surface area contributed by atoms with Gasteiger partial charge in [-0.05, 0) is 78.7 Å². The molecule has 0 amide bonds. The number of hydrogen-bond donors (Lipinski definition) is 0. The van der Waals surface area contributed by atoms with E-state index >= 15 is 0 Å². The number of anilines is 1. The number of para-hydroxylation sites is 1. The fraction of sp³-hybridized carbons (Fsp3) is 0.214. The smallest absolute Gasteiger partial charge is 0.861 e. The molecule has 0 bridgehead atoms. The van der Waals surface area contributed by atoms with Crippen molar-refractivity contribution >= 4 is 29.0 Å². The summed E-state index contributed by atoms with van der Waals surface area (Å²) in [6.07, 6.45) is 2.30. The third-order valence-electron chi connectivity index (χ3n) is 9.61. The van der Waals surface area contributed by atoms with Crippen LogP contribution in [0.3, 0.4) is 0 Å². The Morgan fingerprint density at radius 2 is 1.47 bits per heavy atom. The van der Waals surface area contributed by atoms with E-state index in [2.05, 4.69) is 22.0 Å². The molecule has 260 valence electrons. The van der Waals surface area contributed by atoms with Crippen LogP contribution < -0.4 is 15.1 Å². The number of fused-ring (bicyclic) bond motifs is 1. The van der Waals surface area contributed by atoms with E-state index in [4.69, 9.17) is 4.99 Å². The first-order chi connectivity index (χ1) is 24.5. The number of carboxylic acids is 1. The summed E-state index contributed by atoms with van der Waals surface area (Å²) < 4.78 is 14.0. The van der Waals surface area contributed by atoms with Crippen molar-refractivity contribution in [1.82, 2.24) is 4.90 Å². The van der Waals surface area contributed by atoms with Crippen molar-refractivity contribution < 1.29 is 35.9 Å². The second-order valence-electron chi connectivity index (χ2n) is 12.8. The van der Waals surface area contributed by atoms with Crippen LogP contribution in [0.5, 0.6) is 0 Å². The van der Waals surface area contributed by atoms with E-state index in [0.717, 1.165) is 29.7 Å². The first kappa shape index (κ1) is 35.7. The van der Waals surface area contributed by atoms with Gasteiger partial charge in [0.1, 0.15) is 11.9 Å². The number of rotatable bonds is 10. The Hall–Kier alpha value is -5.11. The van der Waals surface area contributed by atoms with Crippen molar-refractivity contribution in [2.45, 2.75) is 43.9 Å². The van der Waals surface area contributed by atoms with Crippen LogP contribution in [0.2, 0.25) is 0 Å². The van der Waals surface area contributed by atoms with Crippen LogP contribution in [0, 0.1) is 5.82 Å². The van der Waals surface area contributed by atoms with Gasteiger partial charge in [-0.1, -0.05) is 103 Å². The second-order valence-corrected chi connectivity index (χ2v) is 12.8. The van der Waals surface area contributed by atoms with Gasteiger partial charge in [-0.15, -0.1) is 0 Å². The number of carbonyl (C=O) groups is 1. The molecule has 5 aromatic carbocycles. The Kier molecular flexibility index (Phi) is 11.4. The molecule has 7 rings (SSSR count). The molecule has 2 aliphatic heterocycles. The van der Waals surface area contributed by atoms with Gasteiger partial charge >= 0.3 is 16.5 Å². The molecular formula is C42H37FN4NiO3. The summed E-state index contributed by atoms with van der Waals surface area (Å²) in [5, 5.41) is 27.2. The van der Waals surface area contributed by atoms with Gasteiger partial charge in [-0.25, -0.2) is 4.39 Å². The molecule has 51 heavy (non-hydrogen) atoms. The molecule has 5 aromatic rings. The number of benzene rings is 5. The van der Waals surface area contributed by atoms with Crippen LogP contribution in [0.1, 0.15) is 46.7 Å². The van der Waals surface area contributed by atoms with Gasteiger partial charge in [0.2, 0.25) is 0 Å². The first-order valence-corrected chi connectivity index (χ1v) is 17.0. The van der Waals surface area contributed by atoms with E-state index < -0.39 is 18.1 Å². The number of nitrogens with zero attached hydrogens (tertiary/aromatic N) is 4. The average molecular weight is 723 g/mol. The van der Waals surface area contributed by atoms with Crippen LogP contribution in [-0.2, 0) is 34.3 Å². The van der Waals surface area contributed by atoms with E-state index in [9.17, 15) is 19.4 Å². The maximum atomic E-state index is 14.0. The number of aliphatic imine (C=N–C) groups is 2. The second kappa shape index (κ2) is 16.3. The molecule has 1 saturated heterocycles. The van der Waals surface area contributed by atoms with Crippen LogP contribution in [0.4, 0.5) is 15.8 Å². The minimum absolute atomic E-state index is 0. The summed E-state index contributed by atoms with van der Waals surface area (Å²) in [5.74, 6) is -1.96. The predicted octanol–water partition coefficient (Wildman–Crippen LogP) is 5.64. The van der Waals surface area contributed by atoms with Crippen LogP contribution >= 0.6 is 0 Å². The minimum atomic E-state index is -1.36. The van der Waals surface area contributed by atoms with Gasteiger partial charge in [0.25, 0.3) is 0 Å². The molecule has 0 saturated carbocycles. The van der Waals surface area contributed by atoms with Gasteiger partial charge < -0.3 is 19.9 Å². The number of aliphatic carboxylic acids is 1. The predicted molar refractivity (Wildman–Crippen MR) is 191 cm³/mol. The van der Waals surface area contributed by atoms with E-state index in [1.807, 2.05) is 95.9 Å². The molecule has 0 unspecified atom stereocenters. The van der Waals surface area contributed by atoms with Crippen molar-refractivity contribution in [2.75, 3.05) is 18.0 Å². The summed E-state index contributed by atoms with van der Waals surface area (Å²) in [6, 6.07) is 38.1. The number of carbonyl (C=O) groups excluding carboxylic acids is 1. The molecule has 2 aliphatic rings. The Morgan fingerprint density at radius 3 is 2.22 bits per heavy atom. The van der Waals surface area contributed by atoms with Crippen LogP contribution in [0.15, 0.2) is 143 Å². The Bertz CT molecular complexity index is 2010. The summed E-state index contributed by atoms with van der Waals surface area (Å²) in [7, 11) is 0. The molecule has 0 aromatic heterocycles. The van der Waals surface area contributed by atoms with E-state index in [0.29, 0.717) is 54.1 Å². The monoisotopic (exact) mass is 722 g/mol. The zero-order valence-electron chi connectivity index (χ0n) is 27.9. The number of likely N-dealkylation sites (tertiary alicyclic amines) is 1. The molecule has 0 aliphatic carbocycles. The summed E-state index contributed by atoms with van der Waals surface area (Å²) >= 11 is 0. The number of halogens is 1. The number of hydrogen-bond acceptors (Lipinski definition) is 7. The number of carboxylic acid groups (broad SMARTS) is 1. The topological polar surface area (TPSA) is 94.4 Å². The zero-order valence-corrected chi connectivity index (χ0v) is 28.9. The standard InChI is InChI=1S/C42H39FN4O3.Ni/c43-32-21-23-33(24-22-32)47-27-25-30-14-7-8-17-34(30)40(47)39(42(49)50)45-38(31-15-5-2-6-16-31)35-18-9-10-19-36(35)44-41(48)37-20-11-26-46(37)28-29-12-3-1-4-13-29;/h1-10,12-19,21-24,37,39-40H,11,20,25-28H2,(H,44,48)(H,49,50);/q;+2/p-2/t37-,39-,40+;/m0./s1. The molecule has 3 atom stereocenters. The molecule has 2 heterocycles. The van der Waals surface area contributed by atoms with E-state index in [-0.39, 0.29) is 34.2 Å². The van der Waals surface area contributed by atoms with Gasteiger partial charge in [0, 0.05) is 35.9 Å². The molecule has 7 nitrogen and oxygen atoms in total. The largest absolute Gasteiger partial charge is 2.00 e. The average Bonchev–Trinajstić information content (AvgIpc) is 3.61. The molecule has 9 heteroatoms. The summed E-state index contributed by atoms with van der Waals surface area (Å²) in [5.41, 5.74) is 5.70. The zero-order chi connectivity index (χ0) is 34.5. The maximum absolute atomic E-state index is 14.0. The fourth-order valence-corrected chi connectivity index (χ4v) is 7.23. The molecule has 0 radical (unpaired) electrons. The van der Waals surface area contributed by atoms with E-state index in [1.54, 1.807) is 18.2 Å². The Balaban J connectivity index is 0.00000448. The van der Waals surface area contributed by atoms with Crippen LogP contribution in [-0.4, -0.2) is 47.7 Å². The first-order valence-electron chi connectivity index (χ1n) is 17.0. The van der Waals surface area contributed by atoms with Gasteiger partial charge in [0.05, 0.1) is 23.4 Å². The third-order valence-corrected chi connectivity index (χ3v) is 9.61. The third kappa shape index (κ3) is 7.96.